The summed E-state index contributed by atoms with van der Waals surface area (Å²) < 4.78 is 0. The largest absolute Gasteiger partial charge is 0.367 e. The summed E-state index contributed by atoms with van der Waals surface area (Å²) in [5, 5.41) is 4.50. The molecule has 4 rings (SSSR count). The highest BCUT2D eigenvalue weighted by molar-refractivity contribution is 6.35. The highest BCUT2D eigenvalue weighted by Crippen LogP contribution is 2.39. The third kappa shape index (κ3) is 3.98. The van der Waals surface area contributed by atoms with Gasteiger partial charge in [-0.15, -0.1) is 0 Å². The van der Waals surface area contributed by atoms with E-state index in [1.54, 1.807) is 6.07 Å². The van der Waals surface area contributed by atoms with Gasteiger partial charge in [0.05, 0.1) is 0 Å². The van der Waals surface area contributed by atoms with Gasteiger partial charge in [-0.05, 0) is 61.9 Å². The molecule has 1 aliphatic heterocycles. The first-order valence-corrected chi connectivity index (χ1v) is 11.2. The quantitative estimate of drug-likeness (QED) is 0.540. The zero-order valence-corrected chi connectivity index (χ0v) is 19.3. The maximum Gasteiger partial charge on any atom is 0.253 e. The molecule has 0 spiro atoms. The fraction of sp³-hybridized carbons (Fsp3) is 0.333. The fourth-order valence-corrected chi connectivity index (χ4v) is 5.01. The topological polar surface area (TPSA) is 52.6 Å². The first-order valence-electron chi connectivity index (χ1n) is 10.5. The van der Waals surface area contributed by atoms with Crippen LogP contribution in [-0.2, 0) is 6.54 Å². The van der Waals surface area contributed by atoms with Crippen LogP contribution in [-0.4, -0.2) is 31.6 Å². The van der Waals surface area contributed by atoms with Crippen LogP contribution in [0.3, 0.4) is 0 Å². The van der Waals surface area contributed by atoms with Crippen molar-refractivity contribution >= 4 is 40.3 Å². The Kier molecular flexibility index (Phi) is 6.11. The molecular formula is C24H25Cl2N3O2. The predicted molar refractivity (Wildman–Crippen MR) is 129 cm³/mol. The number of likely N-dealkylation sites (N-methyl/N-ethyl adjacent to an activating group) is 1. The van der Waals surface area contributed by atoms with E-state index < -0.39 is 10.9 Å². The molecule has 3 aromatic carbocycles. The van der Waals surface area contributed by atoms with Gasteiger partial charge in [-0.25, -0.2) is 0 Å². The number of fused-ring (bicyclic) bond motifs is 1. The summed E-state index contributed by atoms with van der Waals surface area (Å²) in [6.45, 7) is 6.89. The fourth-order valence-electron chi connectivity index (χ4n) is 4.45. The molecule has 1 N–H and O–H groups in total. The van der Waals surface area contributed by atoms with Crippen LogP contribution >= 0.6 is 23.2 Å². The third-order valence-corrected chi connectivity index (χ3v) is 6.57. The molecule has 0 aliphatic carbocycles. The van der Waals surface area contributed by atoms with Gasteiger partial charge in [0.1, 0.15) is 11.4 Å². The Bertz CT molecular complexity index is 1200. The summed E-state index contributed by atoms with van der Waals surface area (Å²) in [6, 6.07) is 11.8. The van der Waals surface area contributed by atoms with Crippen LogP contribution < -0.4 is 21.1 Å². The lowest BCUT2D eigenvalue weighted by Gasteiger charge is -2.33. The maximum atomic E-state index is 12.2. The van der Waals surface area contributed by atoms with Crippen LogP contribution in [0.15, 0.2) is 46.0 Å². The SMILES string of the molecule is CCN(CC)c1c(Nc2cccc([C@@H]3CN(C)Cc4c(Cl)cc(Cl)cc43)c2)c(=O)c1=O. The highest BCUT2D eigenvalue weighted by Gasteiger charge is 2.28. The van der Waals surface area contributed by atoms with Gasteiger partial charge in [0, 0.05) is 47.8 Å². The van der Waals surface area contributed by atoms with E-state index in [1.807, 2.05) is 43.0 Å². The lowest BCUT2D eigenvalue weighted by Crippen LogP contribution is -2.42. The van der Waals surface area contributed by atoms with Gasteiger partial charge in [-0.3, -0.25) is 9.59 Å². The third-order valence-electron chi connectivity index (χ3n) is 6.02. The minimum atomic E-state index is -0.464. The average molecular weight is 458 g/mol. The highest BCUT2D eigenvalue weighted by atomic mass is 35.5. The van der Waals surface area contributed by atoms with Crippen molar-refractivity contribution in [2.45, 2.75) is 26.3 Å². The zero-order chi connectivity index (χ0) is 22.3. The molecule has 0 amide bonds. The second-order valence-corrected chi connectivity index (χ2v) is 8.85. The Morgan fingerprint density at radius 2 is 1.84 bits per heavy atom. The number of nitrogens with zero attached hydrogens (tertiary/aromatic N) is 2. The van der Waals surface area contributed by atoms with Gasteiger partial charge in [0.2, 0.25) is 0 Å². The Balaban J connectivity index is 1.70. The number of halogens is 2. The Labute approximate surface area is 191 Å². The summed E-state index contributed by atoms with van der Waals surface area (Å²) in [5.74, 6) is 0.0988. The molecule has 31 heavy (non-hydrogen) atoms. The maximum absolute atomic E-state index is 12.2. The van der Waals surface area contributed by atoms with Crippen LogP contribution in [0.5, 0.6) is 0 Å². The summed E-state index contributed by atoms with van der Waals surface area (Å²) in [7, 11) is 2.07. The molecular weight excluding hydrogens is 433 g/mol. The van der Waals surface area contributed by atoms with Crippen molar-refractivity contribution in [3.8, 4) is 0 Å². The number of anilines is 3. The van der Waals surface area contributed by atoms with Gasteiger partial charge in [0.25, 0.3) is 10.9 Å². The summed E-state index contributed by atoms with van der Waals surface area (Å²) in [6.07, 6.45) is 0. The Hall–Kier alpha value is -2.34. The van der Waals surface area contributed by atoms with E-state index in [1.165, 1.54) is 0 Å². The number of hydrogen-bond acceptors (Lipinski definition) is 5. The summed E-state index contributed by atoms with van der Waals surface area (Å²) >= 11 is 12.8. The van der Waals surface area contributed by atoms with E-state index in [0.717, 1.165) is 35.5 Å². The molecule has 0 unspecified atom stereocenters. The lowest BCUT2D eigenvalue weighted by atomic mass is 9.84. The molecule has 1 aliphatic rings. The van der Waals surface area contributed by atoms with Crippen molar-refractivity contribution in [2.24, 2.45) is 0 Å². The standard InChI is InChI=1S/C24H25Cl2N3O2/c1-4-29(5-2)22-21(23(30)24(22)31)27-16-8-6-7-14(9-16)18-12-28(3)13-19-17(18)10-15(25)11-20(19)26/h6-11,18,27H,4-5,12-13H2,1-3H3/t18-/m0/s1. The van der Waals surface area contributed by atoms with Crippen molar-refractivity contribution in [3.63, 3.8) is 0 Å². The molecule has 7 heteroatoms. The molecule has 0 saturated heterocycles. The van der Waals surface area contributed by atoms with Crippen LogP contribution in [0.25, 0.3) is 0 Å². The molecule has 0 aromatic heterocycles. The first kappa shape index (κ1) is 21.9. The van der Waals surface area contributed by atoms with E-state index >= 15 is 0 Å². The molecule has 1 atom stereocenters. The van der Waals surface area contributed by atoms with E-state index in [-0.39, 0.29) is 5.92 Å². The number of hydrogen-bond donors (Lipinski definition) is 1. The minimum Gasteiger partial charge on any atom is -0.367 e. The Morgan fingerprint density at radius 1 is 1.10 bits per heavy atom. The van der Waals surface area contributed by atoms with Crippen molar-refractivity contribution in [1.82, 2.24) is 4.90 Å². The van der Waals surface area contributed by atoms with E-state index in [9.17, 15) is 9.59 Å². The summed E-state index contributed by atoms with van der Waals surface area (Å²) in [4.78, 5) is 28.5. The number of nitrogens with one attached hydrogen (secondary N) is 1. The number of benzene rings is 2. The molecule has 0 fully saturated rings. The van der Waals surface area contributed by atoms with Crippen molar-refractivity contribution in [3.05, 3.63) is 83.6 Å². The average Bonchev–Trinajstić information content (AvgIpc) is 2.76. The van der Waals surface area contributed by atoms with Gasteiger partial charge in [-0.1, -0.05) is 35.3 Å². The molecule has 5 nitrogen and oxygen atoms in total. The lowest BCUT2D eigenvalue weighted by molar-refractivity contribution is 0.295. The van der Waals surface area contributed by atoms with Crippen LogP contribution in [0.1, 0.15) is 36.5 Å². The molecule has 3 aromatic rings. The van der Waals surface area contributed by atoms with E-state index in [2.05, 4.69) is 23.3 Å². The molecule has 0 bridgehead atoms. The number of rotatable bonds is 6. The summed E-state index contributed by atoms with van der Waals surface area (Å²) in [5.41, 5.74) is 4.06. The van der Waals surface area contributed by atoms with E-state index in [0.29, 0.717) is 34.5 Å². The minimum absolute atomic E-state index is 0.0988. The van der Waals surface area contributed by atoms with Gasteiger partial charge < -0.3 is 15.1 Å². The van der Waals surface area contributed by atoms with Crippen molar-refractivity contribution in [1.29, 1.82) is 0 Å². The molecule has 0 radical (unpaired) electrons. The van der Waals surface area contributed by atoms with Gasteiger partial charge in [0.15, 0.2) is 0 Å². The van der Waals surface area contributed by atoms with E-state index in [4.69, 9.17) is 23.2 Å². The van der Waals surface area contributed by atoms with Crippen LogP contribution in [0.4, 0.5) is 17.1 Å². The van der Waals surface area contributed by atoms with Crippen molar-refractivity contribution in [2.75, 3.05) is 36.9 Å². The normalized spacial score (nSPS) is 16.4. The second kappa shape index (κ2) is 8.65. The Morgan fingerprint density at radius 3 is 2.55 bits per heavy atom. The van der Waals surface area contributed by atoms with Crippen molar-refractivity contribution < 1.29 is 0 Å². The van der Waals surface area contributed by atoms with Crippen LogP contribution in [0, 0.1) is 0 Å². The zero-order valence-electron chi connectivity index (χ0n) is 17.8. The molecule has 0 saturated carbocycles. The predicted octanol–water partition coefficient (Wildman–Crippen LogP) is 4.76. The second-order valence-electron chi connectivity index (χ2n) is 8.01. The molecule has 1 heterocycles. The first-order chi connectivity index (χ1) is 14.8. The smallest absolute Gasteiger partial charge is 0.253 e. The molecule has 162 valence electrons. The van der Waals surface area contributed by atoms with Crippen LogP contribution in [0.2, 0.25) is 10.0 Å². The van der Waals surface area contributed by atoms with Gasteiger partial charge >= 0.3 is 0 Å². The monoisotopic (exact) mass is 457 g/mol. The van der Waals surface area contributed by atoms with Gasteiger partial charge in [-0.2, -0.15) is 0 Å².